The van der Waals surface area contributed by atoms with E-state index in [0.29, 0.717) is 18.3 Å². The Morgan fingerprint density at radius 1 is 1.59 bits per heavy atom. The van der Waals surface area contributed by atoms with Gasteiger partial charge in [0.2, 0.25) is 0 Å². The van der Waals surface area contributed by atoms with Gasteiger partial charge in [-0.15, -0.1) is 0 Å². The van der Waals surface area contributed by atoms with Crippen LogP contribution in [-0.4, -0.2) is 38.0 Å². The Hall–Kier alpha value is -1.21. The third kappa shape index (κ3) is 3.37. The zero-order valence-corrected chi connectivity index (χ0v) is 10.0. The molecule has 1 aliphatic heterocycles. The average Bonchev–Trinajstić information content (AvgIpc) is 2.77. The minimum atomic E-state index is -1.09. The fourth-order valence-corrected chi connectivity index (χ4v) is 3.04. The molecule has 0 bridgehead atoms. The number of nitrogens with zero attached hydrogens (tertiary/aromatic N) is 1. The van der Waals surface area contributed by atoms with Crippen molar-refractivity contribution in [2.24, 2.45) is 0 Å². The summed E-state index contributed by atoms with van der Waals surface area (Å²) in [6.07, 6.45) is 1.76. The van der Waals surface area contributed by atoms with E-state index >= 15 is 0 Å². The van der Waals surface area contributed by atoms with Crippen molar-refractivity contribution in [3.05, 3.63) is 17.5 Å². The van der Waals surface area contributed by atoms with Gasteiger partial charge in [0.15, 0.2) is 11.5 Å². The summed E-state index contributed by atoms with van der Waals surface area (Å²) in [6, 6.07) is 1.74. The van der Waals surface area contributed by atoms with E-state index < -0.39 is 16.8 Å². The average molecular weight is 258 g/mol. The number of rotatable bonds is 4. The molecule has 1 aliphatic rings. The van der Waals surface area contributed by atoms with Crippen molar-refractivity contribution >= 4 is 16.8 Å². The zero-order valence-electron chi connectivity index (χ0n) is 9.22. The van der Waals surface area contributed by atoms with Crippen molar-refractivity contribution in [2.75, 3.05) is 11.5 Å². The van der Waals surface area contributed by atoms with Crippen LogP contribution in [0.15, 0.2) is 10.6 Å². The Bertz CT molecular complexity index is 422. The number of hydrogen-bond donors (Lipinski definition) is 2. The molecule has 0 aliphatic carbocycles. The Balaban J connectivity index is 1.81. The second-order valence-corrected chi connectivity index (χ2v) is 5.68. The lowest BCUT2D eigenvalue weighted by atomic mass is 10.1. The van der Waals surface area contributed by atoms with Gasteiger partial charge in [-0.25, -0.2) is 4.79 Å². The van der Waals surface area contributed by atoms with Crippen LogP contribution in [0.3, 0.4) is 0 Å². The van der Waals surface area contributed by atoms with Crippen molar-refractivity contribution in [1.82, 2.24) is 10.5 Å². The van der Waals surface area contributed by atoms with Crippen LogP contribution >= 0.6 is 0 Å². The van der Waals surface area contributed by atoms with Gasteiger partial charge >= 0.3 is 5.97 Å². The van der Waals surface area contributed by atoms with Crippen molar-refractivity contribution in [2.45, 2.75) is 25.4 Å². The molecule has 94 valence electrons. The molecular formula is C10H14N2O4S. The molecular weight excluding hydrogens is 244 g/mol. The predicted octanol–water partition coefficient (Wildman–Crippen LogP) is 0.373. The minimum Gasteiger partial charge on any atom is -0.476 e. The molecule has 0 radical (unpaired) electrons. The van der Waals surface area contributed by atoms with E-state index in [1.54, 1.807) is 0 Å². The van der Waals surface area contributed by atoms with Crippen LogP contribution in [0.4, 0.5) is 0 Å². The van der Waals surface area contributed by atoms with Crippen LogP contribution in [0.5, 0.6) is 0 Å². The van der Waals surface area contributed by atoms with E-state index in [9.17, 15) is 9.00 Å². The van der Waals surface area contributed by atoms with Crippen LogP contribution in [0, 0.1) is 0 Å². The summed E-state index contributed by atoms with van der Waals surface area (Å²) in [4.78, 5) is 10.6. The highest BCUT2D eigenvalue weighted by Crippen LogP contribution is 2.10. The van der Waals surface area contributed by atoms with Gasteiger partial charge in [0.1, 0.15) is 0 Å². The Morgan fingerprint density at radius 3 is 2.88 bits per heavy atom. The predicted molar refractivity (Wildman–Crippen MR) is 61.2 cm³/mol. The molecule has 1 aromatic heterocycles. The number of carbonyl (C=O) groups is 1. The van der Waals surface area contributed by atoms with Crippen molar-refractivity contribution in [3.63, 3.8) is 0 Å². The maximum Gasteiger partial charge on any atom is 0.358 e. The van der Waals surface area contributed by atoms with Gasteiger partial charge in [0.05, 0.1) is 6.54 Å². The molecule has 6 nitrogen and oxygen atoms in total. The summed E-state index contributed by atoms with van der Waals surface area (Å²) in [5.74, 6) is 0.880. The lowest BCUT2D eigenvalue weighted by Gasteiger charge is -2.21. The number of carboxylic acids is 1. The Morgan fingerprint density at radius 2 is 2.29 bits per heavy atom. The third-order valence-corrected chi connectivity index (χ3v) is 4.11. The van der Waals surface area contributed by atoms with Crippen molar-refractivity contribution in [3.8, 4) is 0 Å². The normalized spacial score (nSPS) is 24.7. The first kappa shape index (κ1) is 12.3. The Labute approximate surface area is 101 Å². The standard InChI is InChI=1S/C10H14N2O4S/c13-10(14)9-5-8(16-12-9)6-11-7-1-3-17(15)4-2-7/h5,7,11H,1-4,6H2,(H,13,14). The molecule has 0 atom stereocenters. The monoisotopic (exact) mass is 258 g/mol. The number of aromatic carboxylic acids is 1. The lowest BCUT2D eigenvalue weighted by Crippen LogP contribution is -2.35. The van der Waals surface area contributed by atoms with Crippen LogP contribution in [0.1, 0.15) is 29.1 Å². The summed E-state index contributed by atoms with van der Waals surface area (Å²) < 4.78 is 16.0. The first-order valence-corrected chi connectivity index (χ1v) is 6.91. The highest BCUT2D eigenvalue weighted by Gasteiger charge is 2.18. The second kappa shape index (κ2) is 5.42. The summed E-state index contributed by atoms with van der Waals surface area (Å²) in [5, 5.41) is 15.3. The number of hydrogen-bond acceptors (Lipinski definition) is 5. The fraction of sp³-hybridized carbons (Fsp3) is 0.600. The van der Waals surface area contributed by atoms with Crippen LogP contribution in [0.25, 0.3) is 0 Å². The van der Waals surface area contributed by atoms with Gasteiger partial charge in [-0.05, 0) is 12.8 Å². The van der Waals surface area contributed by atoms with Gasteiger partial charge in [0.25, 0.3) is 0 Å². The molecule has 0 aromatic carbocycles. The molecule has 2 heterocycles. The first-order valence-electron chi connectivity index (χ1n) is 5.42. The summed E-state index contributed by atoms with van der Waals surface area (Å²) in [5.41, 5.74) is -0.0773. The lowest BCUT2D eigenvalue weighted by molar-refractivity contribution is 0.0685. The van der Waals surface area contributed by atoms with Gasteiger partial charge in [-0.2, -0.15) is 0 Å². The number of nitrogens with one attached hydrogen (secondary N) is 1. The smallest absolute Gasteiger partial charge is 0.358 e. The Kier molecular flexibility index (Phi) is 3.90. The molecule has 1 saturated heterocycles. The zero-order chi connectivity index (χ0) is 12.3. The maximum absolute atomic E-state index is 11.2. The quantitative estimate of drug-likeness (QED) is 0.810. The molecule has 0 unspecified atom stereocenters. The van der Waals surface area contributed by atoms with E-state index in [2.05, 4.69) is 10.5 Å². The molecule has 1 fully saturated rings. The van der Waals surface area contributed by atoms with E-state index in [1.165, 1.54) is 6.07 Å². The maximum atomic E-state index is 11.2. The topological polar surface area (TPSA) is 92.4 Å². The molecule has 17 heavy (non-hydrogen) atoms. The summed E-state index contributed by atoms with van der Waals surface area (Å²) in [7, 11) is -0.665. The highest BCUT2D eigenvalue weighted by atomic mass is 32.2. The van der Waals surface area contributed by atoms with Crippen molar-refractivity contribution < 1.29 is 18.6 Å². The molecule has 0 spiro atoms. The molecule has 1 aromatic rings. The minimum absolute atomic E-state index is 0.0773. The van der Waals surface area contributed by atoms with Gasteiger partial charge in [-0.1, -0.05) is 5.16 Å². The van der Waals surface area contributed by atoms with Crippen LogP contribution < -0.4 is 5.32 Å². The van der Waals surface area contributed by atoms with Gasteiger partial charge in [-0.3, -0.25) is 4.21 Å². The molecule has 0 saturated carbocycles. The third-order valence-electron chi connectivity index (χ3n) is 2.73. The number of aromatic nitrogens is 1. The van der Waals surface area contributed by atoms with Crippen LogP contribution in [-0.2, 0) is 17.3 Å². The van der Waals surface area contributed by atoms with E-state index in [0.717, 1.165) is 24.3 Å². The molecule has 7 heteroatoms. The molecule has 2 N–H and O–H groups in total. The first-order chi connectivity index (χ1) is 8.15. The largest absolute Gasteiger partial charge is 0.476 e. The SMILES string of the molecule is O=C(O)c1cc(CNC2CCS(=O)CC2)on1. The molecule has 0 amide bonds. The fourth-order valence-electron chi connectivity index (χ4n) is 1.74. The van der Waals surface area contributed by atoms with Crippen LogP contribution in [0.2, 0.25) is 0 Å². The van der Waals surface area contributed by atoms with E-state index in [-0.39, 0.29) is 5.69 Å². The van der Waals surface area contributed by atoms with Crippen molar-refractivity contribution in [1.29, 1.82) is 0 Å². The molecule has 2 rings (SSSR count). The summed E-state index contributed by atoms with van der Waals surface area (Å²) >= 11 is 0. The van der Waals surface area contributed by atoms with Gasteiger partial charge in [0, 0.05) is 34.4 Å². The second-order valence-electron chi connectivity index (χ2n) is 3.99. The van der Waals surface area contributed by atoms with E-state index in [4.69, 9.17) is 9.63 Å². The highest BCUT2D eigenvalue weighted by molar-refractivity contribution is 7.85. The number of carboxylic acid groups (broad SMARTS) is 1. The van der Waals surface area contributed by atoms with E-state index in [1.807, 2.05) is 0 Å². The van der Waals surface area contributed by atoms with Gasteiger partial charge < -0.3 is 14.9 Å². The summed E-state index contributed by atoms with van der Waals surface area (Å²) in [6.45, 7) is 0.456.